The Morgan fingerprint density at radius 2 is 1.83 bits per heavy atom. The number of hydrogen-bond donors (Lipinski definition) is 1. The molecule has 12 heavy (non-hydrogen) atoms. The average molecular weight is 186 g/mol. The van der Waals surface area contributed by atoms with Crippen LogP contribution in [0.4, 0.5) is 0 Å². The molecule has 72 valence electrons. The first kappa shape index (κ1) is 11.9. The van der Waals surface area contributed by atoms with Crippen molar-refractivity contribution in [2.45, 2.75) is 51.6 Å². The van der Waals surface area contributed by atoms with Crippen molar-refractivity contribution in [2.24, 2.45) is 0 Å². The molecule has 0 aliphatic rings. The third kappa shape index (κ3) is 9.92. The maximum Gasteiger partial charge on any atom is 0.169 e. The van der Waals surface area contributed by atoms with Crippen molar-refractivity contribution in [1.29, 1.82) is 0 Å². The Morgan fingerprint density at radius 3 is 2.42 bits per heavy atom. The van der Waals surface area contributed by atoms with E-state index in [1.807, 2.05) is 6.55 Å². The second kappa shape index (κ2) is 9.01. The number of hydrogen-bond acceptors (Lipinski definition) is 1. The van der Waals surface area contributed by atoms with Gasteiger partial charge in [0.1, 0.15) is 0 Å². The van der Waals surface area contributed by atoms with Crippen molar-refractivity contribution in [1.82, 2.24) is 0 Å². The molecule has 0 amide bonds. The average Bonchev–Trinajstić information content (AvgIpc) is 2.02. The van der Waals surface area contributed by atoms with Gasteiger partial charge in [0.25, 0.3) is 0 Å². The number of rotatable bonds is 7. The molecule has 1 atom stereocenters. The normalized spacial score (nSPS) is 13.9. The Hall–Kier alpha value is -0.0831. The van der Waals surface area contributed by atoms with Gasteiger partial charge in [-0.05, 0) is 31.9 Å². The molecular formula is C10H22OSi. The molecule has 0 aromatic carbocycles. The van der Waals surface area contributed by atoms with Gasteiger partial charge < -0.3 is 4.80 Å². The zero-order chi connectivity index (χ0) is 9.23. The molecule has 0 bridgehead atoms. The standard InChI is InChI=1S/C10H22OSi/c1-3-4-5-6-7-8-9-10-12(2)11/h7-8,11-12H,3-6,9-10H2,1-2H3. The molecule has 1 N–H and O–H groups in total. The molecule has 0 aromatic heterocycles. The van der Waals surface area contributed by atoms with Crippen molar-refractivity contribution >= 4 is 9.04 Å². The summed E-state index contributed by atoms with van der Waals surface area (Å²) < 4.78 is 0. The molecule has 0 aromatic rings. The lowest BCUT2D eigenvalue weighted by molar-refractivity contribution is 0.576. The maximum absolute atomic E-state index is 9.10. The van der Waals surface area contributed by atoms with E-state index < -0.39 is 9.04 Å². The highest BCUT2D eigenvalue weighted by Gasteiger charge is 1.93. The summed E-state index contributed by atoms with van der Waals surface area (Å²) in [4.78, 5) is 9.10. The van der Waals surface area contributed by atoms with E-state index in [-0.39, 0.29) is 0 Å². The van der Waals surface area contributed by atoms with Crippen LogP contribution in [-0.2, 0) is 0 Å². The molecule has 0 saturated carbocycles. The molecule has 0 aliphatic carbocycles. The second-order valence-corrected chi connectivity index (χ2v) is 5.67. The minimum atomic E-state index is -1.29. The van der Waals surface area contributed by atoms with Gasteiger partial charge in [-0.15, -0.1) is 0 Å². The summed E-state index contributed by atoms with van der Waals surface area (Å²) in [6.07, 6.45) is 10.7. The van der Waals surface area contributed by atoms with Crippen molar-refractivity contribution < 1.29 is 4.80 Å². The SMILES string of the molecule is CCCCCC=CCC[SiH](C)O. The van der Waals surface area contributed by atoms with E-state index in [1.54, 1.807) is 0 Å². The third-order valence-electron chi connectivity index (χ3n) is 1.89. The summed E-state index contributed by atoms with van der Waals surface area (Å²) in [5, 5.41) is 0. The fraction of sp³-hybridized carbons (Fsp3) is 0.800. The van der Waals surface area contributed by atoms with Crippen molar-refractivity contribution in [3.8, 4) is 0 Å². The molecular weight excluding hydrogens is 164 g/mol. The largest absolute Gasteiger partial charge is 0.435 e. The summed E-state index contributed by atoms with van der Waals surface area (Å²) in [6, 6.07) is 1.03. The van der Waals surface area contributed by atoms with Crippen molar-refractivity contribution in [3.63, 3.8) is 0 Å². The predicted molar refractivity (Wildman–Crippen MR) is 57.9 cm³/mol. The van der Waals surface area contributed by atoms with Crippen LogP contribution in [0.25, 0.3) is 0 Å². The zero-order valence-corrected chi connectivity index (χ0v) is 9.58. The minimum Gasteiger partial charge on any atom is -0.435 e. The van der Waals surface area contributed by atoms with Crippen LogP contribution < -0.4 is 0 Å². The Kier molecular flexibility index (Phi) is 8.95. The van der Waals surface area contributed by atoms with E-state index in [0.29, 0.717) is 0 Å². The predicted octanol–water partition coefficient (Wildman–Crippen LogP) is 2.86. The maximum atomic E-state index is 9.10. The molecule has 0 radical (unpaired) electrons. The fourth-order valence-corrected chi connectivity index (χ4v) is 1.76. The van der Waals surface area contributed by atoms with Crippen LogP contribution in [0.1, 0.15) is 39.0 Å². The van der Waals surface area contributed by atoms with Gasteiger partial charge in [-0.3, -0.25) is 0 Å². The zero-order valence-electron chi connectivity index (χ0n) is 8.42. The summed E-state index contributed by atoms with van der Waals surface area (Å²) in [5.41, 5.74) is 0. The van der Waals surface area contributed by atoms with Crippen LogP contribution in [-0.4, -0.2) is 13.8 Å². The van der Waals surface area contributed by atoms with E-state index >= 15 is 0 Å². The molecule has 0 heterocycles. The smallest absolute Gasteiger partial charge is 0.169 e. The number of allylic oxidation sites excluding steroid dienone is 2. The van der Waals surface area contributed by atoms with Crippen molar-refractivity contribution in [3.05, 3.63) is 12.2 Å². The highest BCUT2D eigenvalue weighted by atomic mass is 28.3. The first-order valence-electron chi connectivity index (χ1n) is 5.10. The van der Waals surface area contributed by atoms with Gasteiger partial charge >= 0.3 is 0 Å². The molecule has 1 unspecified atom stereocenters. The Bertz CT molecular complexity index is 110. The molecule has 0 spiro atoms. The van der Waals surface area contributed by atoms with Gasteiger partial charge in [0.2, 0.25) is 0 Å². The minimum absolute atomic E-state index is 1.03. The van der Waals surface area contributed by atoms with Gasteiger partial charge in [-0.25, -0.2) is 0 Å². The Labute approximate surface area is 78.2 Å². The summed E-state index contributed by atoms with van der Waals surface area (Å²) in [7, 11) is -1.29. The molecule has 2 heteroatoms. The van der Waals surface area contributed by atoms with E-state index in [4.69, 9.17) is 4.80 Å². The van der Waals surface area contributed by atoms with Crippen molar-refractivity contribution in [2.75, 3.05) is 0 Å². The lowest BCUT2D eigenvalue weighted by Gasteiger charge is -1.96. The molecule has 0 rings (SSSR count). The monoisotopic (exact) mass is 186 g/mol. The van der Waals surface area contributed by atoms with Crippen LogP contribution in [0.3, 0.4) is 0 Å². The second-order valence-electron chi connectivity index (χ2n) is 3.39. The Balaban J connectivity index is 3.04. The molecule has 0 aliphatic heterocycles. The summed E-state index contributed by atoms with van der Waals surface area (Å²) in [5.74, 6) is 0. The van der Waals surface area contributed by atoms with Gasteiger partial charge in [0.05, 0.1) is 0 Å². The molecule has 0 fully saturated rings. The van der Waals surface area contributed by atoms with Gasteiger partial charge in [0.15, 0.2) is 9.04 Å². The molecule has 0 saturated heterocycles. The van der Waals surface area contributed by atoms with E-state index in [2.05, 4.69) is 19.1 Å². The van der Waals surface area contributed by atoms with Gasteiger partial charge in [-0.2, -0.15) is 0 Å². The lowest BCUT2D eigenvalue weighted by Crippen LogP contribution is -2.02. The van der Waals surface area contributed by atoms with Crippen LogP contribution in [0.2, 0.25) is 12.6 Å². The molecule has 1 nitrogen and oxygen atoms in total. The summed E-state index contributed by atoms with van der Waals surface area (Å²) in [6.45, 7) is 4.20. The summed E-state index contributed by atoms with van der Waals surface area (Å²) >= 11 is 0. The number of unbranched alkanes of at least 4 members (excludes halogenated alkanes) is 3. The first-order valence-corrected chi connectivity index (χ1v) is 7.59. The lowest BCUT2D eigenvalue weighted by atomic mass is 10.2. The Morgan fingerprint density at radius 1 is 1.17 bits per heavy atom. The van der Waals surface area contributed by atoms with E-state index in [9.17, 15) is 0 Å². The highest BCUT2D eigenvalue weighted by molar-refractivity contribution is 6.48. The van der Waals surface area contributed by atoms with E-state index in [0.717, 1.165) is 12.5 Å². The van der Waals surface area contributed by atoms with Crippen LogP contribution in [0, 0.1) is 0 Å². The van der Waals surface area contributed by atoms with Crippen LogP contribution in [0.15, 0.2) is 12.2 Å². The van der Waals surface area contributed by atoms with Gasteiger partial charge in [-0.1, -0.05) is 31.9 Å². The fourth-order valence-electron chi connectivity index (χ4n) is 1.09. The van der Waals surface area contributed by atoms with Crippen LogP contribution >= 0.6 is 0 Å². The highest BCUT2D eigenvalue weighted by Crippen LogP contribution is 2.02. The topological polar surface area (TPSA) is 20.2 Å². The van der Waals surface area contributed by atoms with E-state index in [1.165, 1.54) is 25.7 Å². The van der Waals surface area contributed by atoms with Gasteiger partial charge in [0, 0.05) is 0 Å². The quantitative estimate of drug-likeness (QED) is 0.368. The van der Waals surface area contributed by atoms with Crippen LogP contribution in [0.5, 0.6) is 0 Å². The third-order valence-corrected chi connectivity index (χ3v) is 3.06. The first-order chi connectivity index (χ1) is 5.77.